The maximum atomic E-state index is 12.8. The van der Waals surface area contributed by atoms with Gasteiger partial charge in [0.1, 0.15) is 5.75 Å². The van der Waals surface area contributed by atoms with Crippen LogP contribution in [0, 0.1) is 0 Å². The molecule has 2 aromatic carbocycles. The Labute approximate surface area is 187 Å². The van der Waals surface area contributed by atoms with E-state index in [0.29, 0.717) is 23.4 Å². The number of amides is 2. The number of ether oxygens (including phenoxy) is 1. The van der Waals surface area contributed by atoms with E-state index in [4.69, 9.17) is 4.74 Å². The average Bonchev–Trinajstić information content (AvgIpc) is 2.74. The van der Waals surface area contributed by atoms with Crippen molar-refractivity contribution >= 4 is 33.4 Å². The maximum Gasteiger partial charge on any atom is 0.255 e. The van der Waals surface area contributed by atoms with Crippen LogP contribution in [0.25, 0.3) is 0 Å². The molecule has 0 saturated carbocycles. The summed E-state index contributed by atoms with van der Waals surface area (Å²) in [4.78, 5) is 25.3. The van der Waals surface area contributed by atoms with E-state index < -0.39 is 0 Å². The van der Waals surface area contributed by atoms with Crippen LogP contribution in [0.4, 0.5) is 5.69 Å². The standard InChI is InChI=1S/C24H31BrN2O3/c1-4-6-7-10-15-30-22-14-13-18(16-20(22)25)23(28)27-21-12-9-8-11-19(21)24(29)26-17(3)5-2/h8-9,11-14,16-17H,4-7,10,15H2,1-3H3,(H,26,29)(H,27,28). The predicted octanol–water partition coefficient (Wildman–Crippen LogP) is 6.19. The molecule has 0 heterocycles. The van der Waals surface area contributed by atoms with Crippen molar-refractivity contribution in [1.29, 1.82) is 0 Å². The van der Waals surface area contributed by atoms with Gasteiger partial charge in [0.05, 0.1) is 22.3 Å². The van der Waals surface area contributed by atoms with Crippen LogP contribution in [0.5, 0.6) is 5.75 Å². The van der Waals surface area contributed by atoms with Gasteiger partial charge in [-0.2, -0.15) is 0 Å². The van der Waals surface area contributed by atoms with E-state index in [1.165, 1.54) is 12.8 Å². The summed E-state index contributed by atoms with van der Waals surface area (Å²) >= 11 is 3.49. The number of carbonyl (C=O) groups excluding carboxylic acids is 2. The molecule has 0 fully saturated rings. The molecule has 2 rings (SSSR count). The first-order chi connectivity index (χ1) is 14.5. The van der Waals surface area contributed by atoms with Crippen LogP contribution in [-0.2, 0) is 0 Å². The van der Waals surface area contributed by atoms with E-state index in [-0.39, 0.29) is 17.9 Å². The number of hydrogen-bond donors (Lipinski definition) is 2. The van der Waals surface area contributed by atoms with Crippen LogP contribution in [0.1, 0.15) is 73.6 Å². The van der Waals surface area contributed by atoms with Gasteiger partial charge in [0.25, 0.3) is 11.8 Å². The number of unbranched alkanes of at least 4 members (excludes halogenated alkanes) is 3. The molecule has 0 saturated heterocycles. The molecule has 5 nitrogen and oxygen atoms in total. The molecule has 0 spiro atoms. The number of para-hydroxylation sites is 1. The second kappa shape index (κ2) is 12.4. The molecular formula is C24H31BrN2O3. The summed E-state index contributed by atoms with van der Waals surface area (Å²) in [5.74, 6) is 0.235. The third-order valence-electron chi connectivity index (χ3n) is 4.86. The number of halogens is 1. The van der Waals surface area contributed by atoms with Gasteiger partial charge in [-0.05, 0) is 66.0 Å². The lowest BCUT2D eigenvalue weighted by atomic mass is 10.1. The topological polar surface area (TPSA) is 67.4 Å². The van der Waals surface area contributed by atoms with E-state index >= 15 is 0 Å². The van der Waals surface area contributed by atoms with Crippen molar-refractivity contribution in [1.82, 2.24) is 5.32 Å². The molecule has 0 aliphatic rings. The third-order valence-corrected chi connectivity index (χ3v) is 5.48. The first-order valence-corrected chi connectivity index (χ1v) is 11.4. The van der Waals surface area contributed by atoms with Gasteiger partial charge in [-0.15, -0.1) is 0 Å². The minimum atomic E-state index is -0.283. The highest BCUT2D eigenvalue weighted by Crippen LogP contribution is 2.27. The van der Waals surface area contributed by atoms with Gasteiger partial charge in [-0.3, -0.25) is 9.59 Å². The smallest absolute Gasteiger partial charge is 0.255 e. The molecular weight excluding hydrogens is 444 g/mol. The van der Waals surface area contributed by atoms with E-state index in [1.807, 2.05) is 13.8 Å². The Balaban J connectivity index is 2.04. The van der Waals surface area contributed by atoms with Crippen molar-refractivity contribution in [3.8, 4) is 5.75 Å². The molecule has 1 atom stereocenters. The Morgan fingerprint density at radius 1 is 1.03 bits per heavy atom. The van der Waals surface area contributed by atoms with Crippen molar-refractivity contribution in [3.63, 3.8) is 0 Å². The summed E-state index contributed by atoms with van der Waals surface area (Å²) in [5, 5.41) is 5.78. The summed E-state index contributed by atoms with van der Waals surface area (Å²) in [6, 6.07) is 12.3. The van der Waals surface area contributed by atoms with Gasteiger partial charge in [0.2, 0.25) is 0 Å². The lowest BCUT2D eigenvalue weighted by Gasteiger charge is -2.15. The predicted molar refractivity (Wildman–Crippen MR) is 125 cm³/mol. The normalized spacial score (nSPS) is 11.6. The van der Waals surface area contributed by atoms with E-state index in [1.54, 1.807) is 42.5 Å². The zero-order valence-corrected chi connectivity index (χ0v) is 19.6. The fourth-order valence-electron chi connectivity index (χ4n) is 2.86. The Bertz CT molecular complexity index is 854. The minimum absolute atomic E-state index is 0.0618. The maximum absolute atomic E-state index is 12.8. The van der Waals surface area contributed by atoms with Crippen LogP contribution >= 0.6 is 15.9 Å². The largest absolute Gasteiger partial charge is 0.492 e. The Morgan fingerprint density at radius 3 is 2.50 bits per heavy atom. The zero-order chi connectivity index (χ0) is 21.9. The van der Waals surface area contributed by atoms with Gasteiger partial charge < -0.3 is 15.4 Å². The number of benzene rings is 2. The van der Waals surface area contributed by atoms with E-state index in [2.05, 4.69) is 33.5 Å². The lowest BCUT2D eigenvalue weighted by molar-refractivity contribution is 0.0940. The Hall–Kier alpha value is -2.34. The summed E-state index contributed by atoms with van der Waals surface area (Å²) < 4.78 is 6.53. The van der Waals surface area contributed by atoms with Gasteiger partial charge >= 0.3 is 0 Å². The van der Waals surface area contributed by atoms with Gasteiger partial charge in [-0.25, -0.2) is 0 Å². The second-order valence-electron chi connectivity index (χ2n) is 7.34. The molecule has 0 aliphatic carbocycles. The van der Waals surface area contributed by atoms with E-state index in [9.17, 15) is 9.59 Å². The number of carbonyl (C=O) groups is 2. The molecule has 0 aromatic heterocycles. The quantitative estimate of drug-likeness (QED) is 0.381. The van der Waals surface area contributed by atoms with Crippen LogP contribution in [0.3, 0.4) is 0 Å². The molecule has 30 heavy (non-hydrogen) atoms. The molecule has 1 unspecified atom stereocenters. The van der Waals surface area contributed by atoms with Crippen molar-refractivity contribution in [2.45, 2.75) is 58.9 Å². The van der Waals surface area contributed by atoms with Crippen LogP contribution in [0.15, 0.2) is 46.9 Å². The van der Waals surface area contributed by atoms with Crippen molar-refractivity contribution in [2.24, 2.45) is 0 Å². The second-order valence-corrected chi connectivity index (χ2v) is 8.19. The van der Waals surface area contributed by atoms with Gasteiger partial charge in [0.15, 0.2) is 0 Å². The molecule has 0 radical (unpaired) electrons. The van der Waals surface area contributed by atoms with Crippen molar-refractivity contribution in [3.05, 3.63) is 58.1 Å². The fourth-order valence-corrected chi connectivity index (χ4v) is 3.35. The highest BCUT2D eigenvalue weighted by Gasteiger charge is 2.16. The fraction of sp³-hybridized carbons (Fsp3) is 0.417. The summed E-state index contributed by atoms with van der Waals surface area (Å²) in [6.45, 7) is 6.79. The molecule has 162 valence electrons. The zero-order valence-electron chi connectivity index (χ0n) is 18.0. The molecule has 2 aromatic rings. The molecule has 0 aliphatic heterocycles. The lowest BCUT2D eigenvalue weighted by Crippen LogP contribution is -2.32. The van der Waals surface area contributed by atoms with E-state index in [0.717, 1.165) is 29.5 Å². The monoisotopic (exact) mass is 474 g/mol. The highest BCUT2D eigenvalue weighted by atomic mass is 79.9. The molecule has 2 amide bonds. The summed E-state index contributed by atoms with van der Waals surface area (Å²) in [5.41, 5.74) is 1.41. The molecule has 2 N–H and O–H groups in total. The average molecular weight is 475 g/mol. The first-order valence-electron chi connectivity index (χ1n) is 10.6. The summed E-state index contributed by atoms with van der Waals surface area (Å²) in [6.07, 6.45) is 5.40. The number of rotatable bonds is 11. The highest BCUT2D eigenvalue weighted by molar-refractivity contribution is 9.10. The molecule has 6 heteroatoms. The summed E-state index contributed by atoms with van der Waals surface area (Å²) in [7, 11) is 0. The minimum Gasteiger partial charge on any atom is -0.492 e. The molecule has 0 bridgehead atoms. The van der Waals surface area contributed by atoms with Crippen LogP contribution < -0.4 is 15.4 Å². The van der Waals surface area contributed by atoms with Crippen molar-refractivity contribution in [2.75, 3.05) is 11.9 Å². The van der Waals surface area contributed by atoms with Gasteiger partial charge in [-0.1, -0.05) is 45.2 Å². The Kier molecular flexibility index (Phi) is 9.87. The van der Waals surface area contributed by atoms with Gasteiger partial charge in [0, 0.05) is 11.6 Å². The van der Waals surface area contributed by atoms with Crippen LogP contribution in [0.2, 0.25) is 0 Å². The van der Waals surface area contributed by atoms with Crippen LogP contribution in [-0.4, -0.2) is 24.5 Å². The Morgan fingerprint density at radius 2 is 1.80 bits per heavy atom. The number of nitrogens with one attached hydrogen (secondary N) is 2. The number of anilines is 1. The SMILES string of the molecule is CCCCCCOc1ccc(C(=O)Nc2ccccc2C(=O)NC(C)CC)cc1Br. The third kappa shape index (κ3) is 7.17. The van der Waals surface area contributed by atoms with Crippen molar-refractivity contribution < 1.29 is 14.3 Å². The first kappa shape index (κ1) is 23.9. The number of hydrogen-bond acceptors (Lipinski definition) is 3.